The lowest BCUT2D eigenvalue weighted by Gasteiger charge is -2.28. The molecule has 0 aliphatic carbocycles. The van der Waals surface area contributed by atoms with Crippen LogP contribution in [-0.4, -0.2) is 54.4 Å². The summed E-state index contributed by atoms with van der Waals surface area (Å²) in [7, 11) is 1.28. The Morgan fingerprint density at radius 1 is 1.07 bits per heavy atom. The van der Waals surface area contributed by atoms with Crippen molar-refractivity contribution >= 4 is 29.0 Å². The minimum absolute atomic E-state index is 0.123. The molecule has 1 aliphatic heterocycles. The number of methoxy groups -OCH3 is 1. The highest BCUT2D eigenvalue weighted by Crippen LogP contribution is 2.35. The zero-order chi connectivity index (χ0) is 32.1. The molecule has 45 heavy (non-hydrogen) atoms. The lowest BCUT2D eigenvalue weighted by Crippen LogP contribution is -2.45. The number of esters is 1. The number of amides is 2. The molecule has 0 radical (unpaired) electrons. The fourth-order valence-electron chi connectivity index (χ4n) is 5.51. The molecule has 2 atom stereocenters. The van der Waals surface area contributed by atoms with Crippen molar-refractivity contribution in [3.63, 3.8) is 0 Å². The highest BCUT2D eigenvalue weighted by Gasteiger charge is 2.32. The number of nitrogens with zero attached hydrogens (tertiary/aromatic N) is 2. The van der Waals surface area contributed by atoms with Crippen molar-refractivity contribution in [1.82, 2.24) is 20.6 Å². The van der Waals surface area contributed by atoms with E-state index in [0.717, 1.165) is 28.0 Å². The molecule has 0 bridgehead atoms. The first kappa shape index (κ1) is 31.1. The number of hydrazone groups is 1. The van der Waals surface area contributed by atoms with E-state index in [4.69, 9.17) is 14.2 Å². The van der Waals surface area contributed by atoms with Gasteiger partial charge >= 0.3 is 12.0 Å². The summed E-state index contributed by atoms with van der Waals surface area (Å²) in [5.74, 6) is 0.208. The molecule has 4 N–H and O–H groups in total. The lowest BCUT2D eigenvalue weighted by molar-refractivity contribution is -0.136. The molecule has 11 nitrogen and oxygen atoms in total. The molecule has 3 aromatic carbocycles. The van der Waals surface area contributed by atoms with Crippen LogP contribution in [0.1, 0.15) is 42.4 Å². The summed E-state index contributed by atoms with van der Waals surface area (Å²) < 4.78 is 18.8. The number of nitrogens with one attached hydrogen (secondary N) is 3. The Kier molecular flexibility index (Phi) is 9.39. The number of aromatic nitrogens is 1. The minimum atomic E-state index is -1.11. The predicted octanol–water partition coefficient (Wildman–Crippen LogP) is 4.77. The van der Waals surface area contributed by atoms with Gasteiger partial charge in [0, 0.05) is 28.0 Å². The zero-order valence-electron chi connectivity index (χ0n) is 25.9. The average Bonchev–Trinajstić information content (AvgIpc) is 3.31. The number of aliphatic hydroxyl groups excluding tert-OH is 1. The number of fused-ring (bicyclic) bond motifs is 1. The van der Waals surface area contributed by atoms with Gasteiger partial charge in [0.2, 0.25) is 0 Å². The first-order chi connectivity index (χ1) is 21.7. The highest BCUT2D eigenvalue weighted by molar-refractivity contribution is 5.95. The van der Waals surface area contributed by atoms with Crippen molar-refractivity contribution in [3.8, 4) is 17.2 Å². The smallest absolute Gasteiger partial charge is 0.337 e. The molecule has 0 saturated carbocycles. The molecule has 0 unspecified atom stereocenters. The van der Waals surface area contributed by atoms with Gasteiger partial charge in [-0.2, -0.15) is 5.10 Å². The van der Waals surface area contributed by atoms with Gasteiger partial charge in [-0.25, -0.2) is 9.59 Å². The molecule has 1 aromatic heterocycles. The van der Waals surface area contributed by atoms with Gasteiger partial charge in [0.05, 0.1) is 37.2 Å². The number of hydrogen-bond donors (Lipinski definition) is 4. The van der Waals surface area contributed by atoms with Crippen LogP contribution >= 0.6 is 0 Å². The maximum Gasteiger partial charge on any atom is 0.337 e. The molecule has 1 aliphatic rings. The Morgan fingerprint density at radius 2 is 1.84 bits per heavy atom. The quantitative estimate of drug-likeness (QED) is 0.0831. The molecule has 2 heterocycles. The van der Waals surface area contributed by atoms with Crippen LogP contribution in [-0.2, 0) is 9.53 Å². The maximum atomic E-state index is 12.5. The van der Waals surface area contributed by atoms with E-state index in [2.05, 4.69) is 63.0 Å². The van der Waals surface area contributed by atoms with E-state index >= 15 is 0 Å². The van der Waals surface area contributed by atoms with E-state index < -0.39 is 24.3 Å². The number of carbonyl (C=O) groups excluding carboxylic acids is 2. The van der Waals surface area contributed by atoms with Gasteiger partial charge in [-0.05, 0) is 62.9 Å². The molecule has 0 saturated heterocycles. The van der Waals surface area contributed by atoms with Crippen LogP contribution in [0.2, 0.25) is 0 Å². The van der Waals surface area contributed by atoms with Crippen molar-refractivity contribution in [1.29, 1.82) is 0 Å². The first-order valence-corrected chi connectivity index (χ1v) is 14.6. The van der Waals surface area contributed by atoms with Crippen LogP contribution in [0, 0.1) is 13.8 Å². The normalized spacial score (nSPS) is 15.5. The minimum Gasteiger partial charge on any atom is -0.490 e. The summed E-state index contributed by atoms with van der Waals surface area (Å²) in [6, 6.07) is 20.5. The summed E-state index contributed by atoms with van der Waals surface area (Å²) in [5, 5.41) is 22.5. The van der Waals surface area contributed by atoms with Gasteiger partial charge in [0.1, 0.15) is 6.61 Å². The van der Waals surface area contributed by atoms with Crippen molar-refractivity contribution in [3.05, 3.63) is 101 Å². The van der Waals surface area contributed by atoms with Crippen LogP contribution in [0.15, 0.2) is 83.1 Å². The summed E-state index contributed by atoms with van der Waals surface area (Å²) in [6.07, 6.45) is 0.562. The van der Waals surface area contributed by atoms with E-state index in [9.17, 15) is 14.7 Å². The maximum absolute atomic E-state index is 12.5. The third kappa shape index (κ3) is 6.63. The number of aryl methyl sites for hydroxylation is 1. The van der Waals surface area contributed by atoms with Crippen molar-refractivity contribution < 1.29 is 28.9 Å². The number of benzene rings is 3. The fraction of sp³-hybridized carbons (Fsp3) is 0.265. The monoisotopic (exact) mass is 611 g/mol. The van der Waals surface area contributed by atoms with Gasteiger partial charge < -0.3 is 34.5 Å². The van der Waals surface area contributed by atoms with Crippen LogP contribution in [0.5, 0.6) is 11.5 Å². The van der Waals surface area contributed by atoms with Crippen LogP contribution in [0.25, 0.3) is 16.5 Å². The van der Waals surface area contributed by atoms with Gasteiger partial charge in [-0.15, -0.1) is 0 Å². The van der Waals surface area contributed by atoms with Gasteiger partial charge in [0.15, 0.2) is 17.7 Å². The van der Waals surface area contributed by atoms with Crippen LogP contribution < -0.4 is 25.5 Å². The van der Waals surface area contributed by atoms with Crippen LogP contribution in [0.3, 0.4) is 0 Å². The van der Waals surface area contributed by atoms with Crippen molar-refractivity contribution in [2.75, 3.05) is 20.3 Å². The molecule has 11 heteroatoms. The Morgan fingerprint density at radius 3 is 2.62 bits per heavy atom. The summed E-state index contributed by atoms with van der Waals surface area (Å²) in [4.78, 5) is 24.7. The SMILES string of the molecule is CCOc1cc([C@H]2NC(=O)NC(C)=C2C(=O)OC)ccc1OC[C@@H](O)N/N=C\c1cc(C)n(-c2cccc3ccccc23)c1C. The molecular weight excluding hydrogens is 574 g/mol. The van der Waals surface area contributed by atoms with E-state index in [-0.39, 0.29) is 12.2 Å². The summed E-state index contributed by atoms with van der Waals surface area (Å²) in [5.41, 5.74) is 8.09. The number of hydrogen-bond acceptors (Lipinski definition) is 8. The van der Waals surface area contributed by atoms with Crippen molar-refractivity contribution in [2.24, 2.45) is 5.10 Å². The highest BCUT2D eigenvalue weighted by atomic mass is 16.5. The first-order valence-electron chi connectivity index (χ1n) is 14.6. The molecular formula is C34H37N5O6. The Balaban J connectivity index is 1.27. The third-order valence-corrected chi connectivity index (χ3v) is 7.58. The topological polar surface area (TPSA) is 135 Å². The van der Waals surface area contributed by atoms with Gasteiger partial charge in [-0.3, -0.25) is 5.43 Å². The molecule has 234 valence electrons. The molecule has 5 rings (SSSR count). The number of carbonyl (C=O) groups is 2. The largest absolute Gasteiger partial charge is 0.490 e. The third-order valence-electron chi connectivity index (χ3n) is 7.58. The number of aliphatic hydroxyl groups is 1. The lowest BCUT2D eigenvalue weighted by atomic mass is 9.95. The second kappa shape index (κ2) is 13.6. The van der Waals surface area contributed by atoms with E-state index in [0.29, 0.717) is 29.4 Å². The van der Waals surface area contributed by atoms with E-state index in [1.807, 2.05) is 32.0 Å². The fourth-order valence-corrected chi connectivity index (χ4v) is 5.51. The summed E-state index contributed by atoms with van der Waals surface area (Å²) >= 11 is 0. The average molecular weight is 612 g/mol. The standard InChI is InChI=1S/C34H37N5O6/c1-6-44-29-17-24(32-31(33(41)43-5)21(3)36-34(42)37-32)14-15-28(29)45-19-30(40)38-35-18-25-16-20(2)39(22(25)4)27-13-9-11-23-10-7-8-12-26(23)27/h7-18,30,32,38,40H,6,19H2,1-5H3,(H2,36,37,42)/b35-18-/t30-,32-/m1/s1. The van der Waals surface area contributed by atoms with Crippen molar-refractivity contribution in [2.45, 2.75) is 40.0 Å². The molecule has 0 fully saturated rings. The number of urea groups is 1. The second-order valence-electron chi connectivity index (χ2n) is 10.6. The molecule has 2 amide bonds. The van der Waals surface area contributed by atoms with Gasteiger partial charge in [0.25, 0.3) is 0 Å². The summed E-state index contributed by atoms with van der Waals surface area (Å²) in [6.45, 7) is 7.78. The number of allylic oxidation sites excluding steroid dienone is 1. The number of ether oxygens (including phenoxy) is 3. The second-order valence-corrected chi connectivity index (χ2v) is 10.6. The van der Waals surface area contributed by atoms with Crippen LogP contribution in [0.4, 0.5) is 4.79 Å². The Hall–Kier alpha value is -5.29. The molecule has 0 spiro atoms. The Bertz CT molecular complexity index is 1790. The molecule has 4 aromatic rings. The van der Waals surface area contributed by atoms with E-state index in [1.165, 1.54) is 12.5 Å². The number of rotatable bonds is 11. The van der Waals surface area contributed by atoms with Gasteiger partial charge in [-0.1, -0.05) is 42.5 Å². The Labute approximate surface area is 261 Å². The zero-order valence-corrected chi connectivity index (χ0v) is 25.9. The predicted molar refractivity (Wildman–Crippen MR) is 172 cm³/mol. The van der Waals surface area contributed by atoms with E-state index in [1.54, 1.807) is 31.3 Å².